The molecule has 18 heteroatoms. The van der Waals surface area contributed by atoms with E-state index in [0.717, 1.165) is 89.1 Å². The highest BCUT2D eigenvalue weighted by Crippen LogP contribution is 2.28. The Morgan fingerprint density at radius 2 is 0.857 bits per heavy atom. The minimum absolute atomic E-state index is 0.449. The summed E-state index contributed by atoms with van der Waals surface area (Å²) in [4.78, 5) is 47.3. The molecular formula is C45H33BBr2Cl4O6S5. The number of benzene rings is 4. The molecule has 63 heavy (non-hydrogen) atoms. The number of hydrogen-bond donors (Lipinski definition) is 3. The maximum Gasteiger partial charge on any atom is 0.488 e. The zero-order valence-electron chi connectivity index (χ0n) is 32.3. The molecule has 0 aliphatic rings. The van der Waals surface area contributed by atoms with Gasteiger partial charge < -0.3 is 10.0 Å². The fourth-order valence-electron chi connectivity index (χ4n) is 4.40. The molecule has 0 aliphatic carbocycles. The van der Waals surface area contributed by atoms with E-state index in [4.69, 9.17) is 56.5 Å². The topological polar surface area (TPSA) is 109 Å². The molecule has 2 N–H and O–H groups in total. The first-order valence-electron chi connectivity index (χ1n) is 17.8. The lowest BCUT2D eigenvalue weighted by molar-refractivity contribution is 0.111. The maximum absolute atomic E-state index is 10.5. The largest absolute Gasteiger partial charge is 0.488 e. The molecule has 0 radical (unpaired) electrons. The number of thiophene rings is 4. The van der Waals surface area contributed by atoms with Crippen molar-refractivity contribution in [2.45, 2.75) is 11.3 Å². The van der Waals surface area contributed by atoms with Crippen LogP contribution in [0, 0.1) is 0 Å². The molecule has 8 rings (SSSR count). The molecule has 8 aromatic rings. The standard InChI is InChI=1S/C12H9ClOS.C11H7ClOS.C6H6BClO2.C6H5ClS.2C5H3BrOS/c13-10-3-1-9(2-4-10)7-11-5-6-12(8-14)15-11;12-9-3-1-8(2-4-9)11-6-5-10(7-13)14-11;8-6-3-1-5(2-4-6)7(9)10;7-5-1-3-6(8)4-2-5;2*6-5-2-1-4(3-7)8-5/h1-6,8H,7H2;1-7H;1-4,9-10H;1-4,8H;2*1-3H. The summed E-state index contributed by atoms with van der Waals surface area (Å²) >= 11 is 39.1. The molecule has 0 bridgehead atoms. The predicted molar refractivity (Wildman–Crippen MR) is 279 cm³/mol. The van der Waals surface area contributed by atoms with Crippen molar-refractivity contribution in [1.29, 1.82) is 0 Å². The van der Waals surface area contributed by atoms with E-state index in [2.05, 4.69) is 44.5 Å². The number of carbonyl (C=O) groups excluding carboxylic acids is 4. The predicted octanol–water partition coefficient (Wildman–Crippen LogP) is 15.0. The smallest absolute Gasteiger partial charge is 0.423 e. The first-order valence-corrected chi connectivity index (χ1v) is 24.6. The lowest BCUT2D eigenvalue weighted by Crippen LogP contribution is -2.29. The monoisotopic (exact) mass is 1140 g/mol. The number of hydrogen-bond acceptors (Lipinski definition) is 11. The van der Waals surface area contributed by atoms with Gasteiger partial charge in [0.25, 0.3) is 0 Å². The molecular weight excluding hydrogens is 1110 g/mol. The maximum atomic E-state index is 10.5. The average Bonchev–Trinajstić information content (AvgIpc) is 4.13. The molecule has 0 atom stereocenters. The lowest BCUT2D eigenvalue weighted by atomic mass is 9.81. The molecule has 0 aliphatic heterocycles. The van der Waals surface area contributed by atoms with E-state index in [0.29, 0.717) is 10.5 Å². The van der Waals surface area contributed by atoms with E-state index < -0.39 is 7.12 Å². The fraction of sp³-hybridized carbons (Fsp3) is 0.0222. The van der Waals surface area contributed by atoms with E-state index in [1.54, 1.807) is 36.4 Å². The normalized spacial score (nSPS) is 9.67. The van der Waals surface area contributed by atoms with Crippen LogP contribution in [0.15, 0.2) is 158 Å². The van der Waals surface area contributed by atoms with Gasteiger partial charge in [-0.2, -0.15) is 0 Å². The van der Waals surface area contributed by atoms with Crippen molar-refractivity contribution in [2.24, 2.45) is 0 Å². The Bertz CT molecular complexity index is 2520. The van der Waals surface area contributed by atoms with Crippen molar-refractivity contribution in [1.82, 2.24) is 0 Å². The molecule has 324 valence electrons. The third-order valence-electron chi connectivity index (χ3n) is 7.38. The van der Waals surface area contributed by atoms with Gasteiger partial charge in [0.05, 0.1) is 27.1 Å². The van der Waals surface area contributed by atoms with E-state index in [1.807, 2.05) is 109 Å². The highest BCUT2D eigenvalue weighted by molar-refractivity contribution is 9.11. The van der Waals surface area contributed by atoms with Gasteiger partial charge in [0.1, 0.15) is 0 Å². The van der Waals surface area contributed by atoms with Crippen LogP contribution in [0.3, 0.4) is 0 Å². The Hall–Kier alpha value is -3.19. The summed E-state index contributed by atoms with van der Waals surface area (Å²) in [6, 6.07) is 43.9. The first-order chi connectivity index (χ1) is 30.2. The SMILES string of the molecule is O=Cc1ccc(-c2ccc(Cl)cc2)s1.O=Cc1ccc(Br)s1.O=Cc1ccc(Br)s1.O=Cc1ccc(Cc2ccc(Cl)cc2)s1.OB(O)c1ccc(Cl)cc1.Sc1ccc(Cl)cc1. The molecule has 0 saturated carbocycles. The Balaban J connectivity index is 0.000000205. The molecule has 0 amide bonds. The average molecular weight is 1140 g/mol. The Labute approximate surface area is 423 Å². The highest BCUT2D eigenvalue weighted by atomic mass is 79.9. The highest BCUT2D eigenvalue weighted by Gasteiger charge is 2.09. The summed E-state index contributed by atoms with van der Waals surface area (Å²) in [6.07, 6.45) is 4.29. The van der Waals surface area contributed by atoms with Gasteiger partial charge in [0, 0.05) is 41.2 Å². The Kier molecular flexibility index (Phi) is 25.9. The Morgan fingerprint density at radius 3 is 1.22 bits per heavy atom. The molecule has 4 aromatic carbocycles. The van der Waals surface area contributed by atoms with Crippen LogP contribution >= 0.6 is 136 Å². The second kappa shape index (κ2) is 30.1. The van der Waals surface area contributed by atoms with Crippen molar-refractivity contribution in [2.75, 3.05) is 0 Å². The third-order valence-corrected chi connectivity index (χ3v) is 13.9. The zero-order chi connectivity index (χ0) is 46.1. The van der Waals surface area contributed by atoms with E-state index in [-0.39, 0.29) is 0 Å². The molecule has 6 nitrogen and oxygen atoms in total. The van der Waals surface area contributed by atoms with Crippen LogP contribution in [-0.2, 0) is 6.42 Å². The van der Waals surface area contributed by atoms with Crippen LogP contribution in [0.5, 0.6) is 0 Å². The second-order valence-electron chi connectivity index (χ2n) is 12.0. The van der Waals surface area contributed by atoms with Crippen molar-refractivity contribution in [3.8, 4) is 10.4 Å². The van der Waals surface area contributed by atoms with Gasteiger partial charge in [-0.25, -0.2) is 0 Å². The van der Waals surface area contributed by atoms with Gasteiger partial charge in [0.2, 0.25) is 0 Å². The minimum Gasteiger partial charge on any atom is -0.423 e. The number of halogens is 6. The van der Waals surface area contributed by atoms with Crippen LogP contribution < -0.4 is 5.46 Å². The molecule has 0 fully saturated rings. The summed E-state index contributed by atoms with van der Waals surface area (Å²) in [7, 11) is -1.41. The van der Waals surface area contributed by atoms with Crippen LogP contribution in [0.1, 0.15) is 49.1 Å². The summed E-state index contributed by atoms with van der Waals surface area (Å²) in [5, 5.41) is 20.1. The quantitative estimate of drug-likeness (QED) is 0.0795. The van der Waals surface area contributed by atoms with Crippen molar-refractivity contribution in [3.63, 3.8) is 0 Å². The zero-order valence-corrected chi connectivity index (χ0v) is 42.7. The van der Waals surface area contributed by atoms with E-state index in [9.17, 15) is 19.2 Å². The van der Waals surface area contributed by atoms with Crippen molar-refractivity contribution < 1.29 is 29.2 Å². The van der Waals surface area contributed by atoms with Gasteiger partial charge >= 0.3 is 7.12 Å². The number of rotatable bonds is 8. The van der Waals surface area contributed by atoms with Crippen LogP contribution in [0.4, 0.5) is 0 Å². The summed E-state index contributed by atoms with van der Waals surface area (Å²) in [5.74, 6) is 0. The van der Waals surface area contributed by atoms with Gasteiger partial charge in [0.15, 0.2) is 25.1 Å². The summed E-state index contributed by atoms with van der Waals surface area (Å²) in [5.41, 5.74) is 2.75. The molecule has 0 unspecified atom stereocenters. The number of thiol groups is 1. The summed E-state index contributed by atoms with van der Waals surface area (Å²) < 4.78 is 2.00. The minimum atomic E-state index is -1.41. The lowest BCUT2D eigenvalue weighted by Gasteiger charge is -1.98. The van der Waals surface area contributed by atoms with Crippen LogP contribution in [-0.4, -0.2) is 42.3 Å². The first kappa shape index (κ1) is 54.1. The second-order valence-corrected chi connectivity index (χ2v) is 21.5. The van der Waals surface area contributed by atoms with Gasteiger partial charge in [-0.05, 0) is 158 Å². The van der Waals surface area contributed by atoms with Gasteiger partial charge in [-0.3, -0.25) is 19.2 Å². The molecule has 4 heterocycles. The fourth-order valence-corrected chi connectivity index (χ4v) is 9.22. The van der Waals surface area contributed by atoms with Crippen molar-refractivity contribution in [3.05, 3.63) is 203 Å². The summed E-state index contributed by atoms with van der Waals surface area (Å²) in [6.45, 7) is 0. The number of carbonyl (C=O) groups is 4. The van der Waals surface area contributed by atoms with E-state index >= 15 is 0 Å². The molecule has 0 saturated heterocycles. The molecule has 4 aromatic heterocycles. The third kappa shape index (κ3) is 22.0. The van der Waals surface area contributed by atoms with E-state index in [1.165, 1.54) is 55.8 Å². The Morgan fingerprint density at radius 1 is 0.476 bits per heavy atom. The molecule has 0 spiro atoms. The van der Waals surface area contributed by atoms with Gasteiger partial charge in [-0.15, -0.1) is 58.0 Å². The number of aldehydes is 4. The van der Waals surface area contributed by atoms with Crippen molar-refractivity contribution >= 4 is 174 Å². The van der Waals surface area contributed by atoms with Crippen LogP contribution in [0.2, 0.25) is 20.1 Å². The van der Waals surface area contributed by atoms with Gasteiger partial charge in [-0.1, -0.05) is 82.8 Å². The van der Waals surface area contributed by atoms with Crippen LogP contribution in [0.25, 0.3) is 10.4 Å².